The van der Waals surface area contributed by atoms with Crippen LogP contribution in [-0.2, 0) is 20.2 Å². The molecule has 1 aliphatic carbocycles. The maximum Gasteiger partial charge on any atom is 0.335 e. The van der Waals surface area contributed by atoms with Crippen molar-refractivity contribution in [1.82, 2.24) is 9.21 Å². The predicted molar refractivity (Wildman–Crippen MR) is 162 cm³/mol. The molecule has 0 radical (unpaired) electrons. The molecule has 0 unspecified atom stereocenters. The van der Waals surface area contributed by atoms with E-state index < -0.39 is 28.0 Å². The van der Waals surface area contributed by atoms with Crippen LogP contribution >= 0.6 is 0 Å². The van der Waals surface area contributed by atoms with Crippen molar-refractivity contribution >= 4 is 27.5 Å². The standard InChI is InChI=1S/C33H40N2O6S/c1-31(2)27(24-9-11-25(12-10-24)29(37)38)13-15-32(3)23-34(18-14-28(31)32)30(39)33(26-7-5-4-6-8-26)16-19-35(20-17-33)42(40,41)22-21-36/h4-14,36H,15-23H2,1-3H3,(H,37,38)/t32-/m1/s1. The molecule has 1 saturated heterocycles. The summed E-state index contributed by atoms with van der Waals surface area (Å²) in [6.07, 6.45) is 5.93. The first kappa shape index (κ1) is 30.2. The van der Waals surface area contributed by atoms with Crippen molar-refractivity contribution in [3.05, 3.63) is 89.0 Å². The SMILES string of the molecule is CC1(C)C(c2ccc(C(=O)O)cc2)=CC[C@]2(C)CN(C(=O)C3(c4ccccc4)CCN(S(=O)(=O)CCO)CC3)CC=C12. The third-order valence-electron chi connectivity index (χ3n) is 9.59. The van der Waals surface area contributed by atoms with Crippen LogP contribution in [0.15, 0.2) is 72.3 Å². The summed E-state index contributed by atoms with van der Waals surface area (Å²) in [7, 11) is -3.58. The van der Waals surface area contributed by atoms with Gasteiger partial charge in [-0.1, -0.05) is 81.0 Å². The van der Waals surface area contributed by atoms with E-state index >= 15 is 0 Å². The second kappa shape index (κ2) is 11.1. The van der Waals surface area contributed by atoms with Crippen molar-refractivity contribution in [2.45, 2.75) is 45.4 Å². The van der Waals surface area contributed by atoms with Crippen molar-refractivity contribution in [2.24, 2.45) is 10.8 Å². The Morgan fingerprint density at radius 2 is 1.57 bits per heavy atom. The Morgan fingerprint density at radius 1 is 0.929 bits per heavy atom. The summed E-state index contributed by atoms with van der Waals surface area (Å²) >= 11 is 0. The maximum atomic E-state index is 14.5. The van der Waals surface area contributed by atoms with Gasteiger partial charge in [-0.15, -0.1) is 0 Å². The lowest BCUT2D eigenvalue weighted by Gasteiger charge is -2.52. The van der Waals surface area contributed by atoms with Crippen LogP contribution in [-0.4, -0.2) is 78.3 Å². The normalized spacial score (nSPS) is 23.9. The van der Waals surface area contributed by atoms with Crippen LogP contribution in [0.3, 0.4) is 0 Å². The number of piperidine rings is 1. The average molecular weight is 593 g/mol. The molecule has 0 spiro atoms. The molecule has 42 heavy (non-hydrogen) atoms. The number of carbonyl (C=O) groups excluding carboxylic acids is 1. The Labute approximate surface area is 248 Å². The van der Waals surface area contributed by atoms with E-state index in [-0.39, 0.29) is 41.1 Å². The van der Waals surface area contributed by atoms with Crippen LogP contribution in [0.2, 0.25) is 0 Å². The second-order valence-electron chi connectivity index (χ2n) is 12.6. The van der Waals surface area contributed by atoms with E-state index in [0.29, 0.717) is 25.9 Å². The predicted octanol–water partition coefficient (Wildman–Crippen LogP) is 4.33. The molecular formula is C33H40N2O6S. The van der Waals surface area contributed by atoms with Crippen LogP contribution in [0.4, 0.5) is 0 Å². The van der Waals surface area contributed by atoms with Gasteiger partial charge in [0.2, 0.25) is 15.9 Å². The fraction of sp³-hybridized carbons (Fsp3) is 0.455. The van der Waals surface area contributed by atoms with Crippen molar-refractivity contribution in [1.29, 1.82) is 0 Å². The Morgan fingerprint density at radius 3 is 2.17 bits per heavy atom. The summed E-state index contributed by atoms with van der Waals surface area (Å²) in [5.74, 6) is -1.23. The Bertz CT molecular complexity index is 1520. The minimum Gasteiger partial charge on any atom is -0.478 e. The molecule has 0 aromatic heterocycles. The molecule has 1 atom stereocenters. The van der Waals surface area contributed by atoms with Crippen LogP contribution in [0, 0.1) is 10.8 Å². The zero-order valence-corrected chi connectivity index (χ0v) is 25.4. The highest BCUT2D eigenvalue weighted by atomic mass is 32.2. The number of aliphatic hydroxyl groups is 1. The highest BCUT2D eigenvalue weighted by Crippen LogP contribution is 2.55. The molecule has 5 rings (SSSR count). The van der Waals surface area contributed by atoms with Gasteiger partial charge < -0.3 is 15.1 Å². The average Bonchev–Trinajstić information content (AvgIpc) is 2.97. The summed E-state index contributed by atoms with van der Waals surface area (Å²) in [6, 6.07) is 16.7. The smallest absolute Gasteiger partial charge is 0.335 e. The Balaban J connectivity index is 1.42. The number of hydrogen-bond donors (Lipinski definition) is 2. The van der Waals surface area contributed by atoms with Gasteiger partial charge in [-0.3, -0.25) is 4.79 Å². The third kappa shape index (κ3) is 5.23. The van der Waals surface area contributed by atoms with Crippen molar-refractivity contribution in [3.63, 3.8) is 0 Å². The van der Waals surface area contributed by atoms with Gasteiger partial charge in [0.15, 0.2) is 0 Å². The number of carboxylic acids is 1. The number of carbonyl (C=O) groups is 2. The maximum absolute atomic E-state index is 14.5. The lowest BCUT2D eigenvalue weighted by atomic mass is 9.58. The third-order valence-corrected chi connectivity index (χ3v) is 11.4. The van der Waals surface area contributed by atoms with Gasteiger partial charge >= 0.3 is 5.97 Å². The summed E-state index contributed by atoms with van der Waals surface area (Å²) in [5, 5.41) is 18.5. The quantitative estimate of drug-likeness (QED) is 0.463. The number of allylic oxidation sites excluding steroid dienone is 2. The number of nitrogens with zero attached hydrogens (tertiary/aromatic N) is 2. The van der Waals surface area contributed by atoms with E-state index in [2.05, 4.69) is 32.9 Å². The number of rotatable bonds is 7. The molecule has 2 aromatic rings. The van der Waals surface area contributed by atoms with Gasteiger partial charge in [0.1, 0.15) is 0 Å². The molecule has 9 heteroatoms. The van der Waals surface area contributed by atoms with E-state index in [1.54, 1.807) is 12.1 Å². The highest BCUT2D eigenvalue weighted by Gasteiger charge is 2.51. The molecule has 8 nitrogen and oxygen atoms in total. The van der Waals surface area contributed by atoms with Gasteiger partial charge in [0, 0.05) is 37.0 Å². The largest absolute Gasteiger partial charge is 0.478 e. The molecule has 2 aliphatic heterocycles. The summed E-state index contributed by atoms with van der Waals surface area (Å²) < 4.78 is 26.8. The number of aromatic carboxylic acids is 1. The molecule has 224 valence electrons. The number of carboxylic acid groups (broad SMARTS) is 1. The fourth-order valence-electron chi connectivity index (χ4n) is 7.43. The number of amides is 1. The molecular weight excluding hydrogens is 552 g/mol. The van der Waals surface area contributed by atoms with E-state index in [1.807, 2.05) is 47.4 Å². The molecule has 2 heterocycles. The van der Waals surface area contributed by atoms with E-state index in [0.717, 1.165) is 23.1 Å². The summed E-state index contributed by atoms with van der Waals surface area (Å²) in [4.78, 5) is 27.8. The fourth-order valence-corrected chi connectivity index (χ4v) is 8.66. The summed E-state index contributed by atoms with van der Waals surface area (Å²) in [6.45, 7) is 7.66. The molecule has 3 aliphatic rings. The van der Waals surface area contributed by atoms with Gasteiger partial charge in [0.25, 0.3) is 0 Å². The zero-order valence-electron chi connectivity index (χ0n) is 24.5. The first-order chi connectivity index (χ1) is 19.8. The molecule has 1 fully saturated rings. The zero-order chi connectivity index (χ0) is 30.3. The summed E-state index contributed by atoms with van der Waals surface area (Å²) in [5.41, 5.74) is 3.18. The second-order valence-corrected chi connectivity index (χ2v) is 14.7. The molecule has 0 bridgehead atoms. The van der Waals surface area contributed by atoms with Crippen LogP contribution in [0.1, 0.15) is 61.5 Å². The van der Waals surface area contributed by atoms with Crippen molar-refractivity contribution in [3.8, 4) is 0 Å². The topological polar surface area (TPSA) is 115 Å². The first-order valence-electron chi connectivity index (χ1n) is 14.5. The van der Waals surface area contributed by atoms with Crippen molar-refractivity contribution in [2.75, 3.05) is 38.5 Å². The molecule has 2 N–H and O–H groups in total. The van der Waals surface area contributed by atoms with Crippen LogP contribution in [0.25, 0.3) is 5.57 Å². The highest BCUT2D eigenvalue weighted by molar-refractivity contribution is 7.89. The number of aliphatic hydroxyl groups excluding tert-OH is 1. The van der Waals surface area contributed by atoms with Gasteiger partial charge in [0.05, 0.1) is 23.3 Å². The van der Waals surface area contributed by atoms with E-state index in [1.165, 1.54) is 9.88 Å². The first-order valence-corrected chi connectivity index (χ1v) is 16.1. The lowest BCUT2D eigenvalue weighted by Crippen LogP contribution is -2.57. The molecule has 0 saturated carbocycles. The monoisotopic (exact) mass is 592 g/mol. The molecule has 2 aromatic carbocycles. The van der Waals surface area contributed by atoms with E-state index in [9.17, 15) is 28.2 Å². The molecule has 1 amide bonds. The van der Waals surface area contributed by atoms with Crippen LogP contribution in [0.5, 0.6) is 0 Å². The Kier molecular flexibility index (Phi) is 7.98. The van der Waals surface area contributed by atoms with Gasteiger partial charge in [-0.25, -0.2) is 17.5 Å². The number of sulfonamides is 1. The minimum absolute atomic E-state index is 0.0290. The van der Waals surface area contributed by atoms with Crippen molar-refractivity contribution < 1.29 is 28.2 Å². The number of hydrogen-bond acceptors (Lipinski definition) is 5. The lowest BCUT2D eigenvalue weighted by molar-refractivity contribution is -0.140. The number of benzene rings is 2. The Hall–Kier alpha value is -3.27. The van der Waals surface area contributed by atoms with Gasteiger partial charge in [-0.2, -0.15) is 0 Å². The van der Waals surface area contributed by atoms with E-state index in [4.69, 9.17) is 0 Å². The number of fused-ring (bicyclic) bond motifs is 1. The minimum atomic E-state index is -3.58. The van der Waals surface area contributed by atoms with Crippen LogP contribution < -0.4 is 0 Å². The van der Waals surface area contributed by atoms with Gasteiger partial charge in [-0.05, 0) is 48.1 Å².